The highest BCUT2D eigenvalue weighted by atomic mass is 19.1. The number of nitrogens with zero attached hydrogens (tertiary/aromatic N) is 2. The van der Waals surface area contributed by atoms with Gasteiger partial charge in [0.05, 0.1) is 5.69 Å². The molecule has 0 N–H and O–H groups in total. The molecule has 0 saturated carbocycles. The highest BCUT2D eigenvalue weighted by molar-refractivity contribution is 5.97. The number of amides is 1. The van der Waals surface area contributed by atoms with Crippen LogP contribution in [-0.2, 0) is 11.2 Å². The van der Waals surface area contributed by atoms with E-state index in [1.807, 2.05) is 6.92 Å². The predicted octanol–water partition coefficient (Wildman–Crippen LogP) is 5.66. The van der Waals surface area contributed by atoms with Gasteiger partial charge in [-0.1, -0.05) is 25.1 Å². The van der Waals surface area contributed by atoms with Crippen molar-refractivity contribution in [3.05, 3.63) is 82.9 Å². The smallest absolute Gasteiger partial charge is 0.226 e. The Bertz CT molecular complexity index is 1180. The summed E-state index contributed by atoms with van der Waals surface area (Å²) >= 11 is 0. The molecule has 0 unspecified atom stereocenters. The number of ketones is 1. The Morgan fingerprint density at radius 1 is 1.00 bits per heavy atom. The first kappa shape index (κ1) is 23.2. The van der Waals surface area contributed by atoms with E-state index in [2.05, 4.69) is 4.98 Å². The molecule has 0 saturated heterocycles. The molecule has 0 fully saturated rings. The lowest BCUT2D eigenvalue weighted by Crippen LogP contribution is -2.25. The normalized spacial score (nSPS) is 10.8. The number of anilines is 1. The Morgan fingerprint density at radius 2 is 1.75 bits per heavy atom. The number of aryl methyl sites for hydroxylation is 2. The van der Waals surface area contributed by atoms with Crippen molar-refractivity contribution in [1.29, 1.82) is 0 Å². The molecule has 1 amide bonds. The van der Waals surface area contributed by atoms with Gasteiger partial charge in [0.2, 0.25) is 17.8 Å². The second-order valence-corrected chi connectivity index (χ2v) is 7.51. The van der Waals surface area contributed by atoms with Crippen LogP contribution >= 0.6 is 0 Å². The summed E-state index contributed by atoms with van der Waals surface area (Å²) in [5, 5.41) is 0. The van der Waals surface area contributed by atoms with Crippen molar-refractivity contribution >= 4 is 17.4 Å². The summed E-state index contributed by atoms with van der Waals surface area (Å²) in [6, 6.07) is 12.1. The minimum atomic E-state index is -0.916. The zero-order chi connectivity index (χ0) is 23.4. The molecule has 2 aromatic carbocycles. The summed E-state index contributed by atoms with van der Waals surface area (Å²) in [6.45, 7) is 3.53. The summed E-state index contributed by atoms with van der Waals surface area (Å²) in [5.41, 5.74) is 2.98. The van der Waals surface area contributed by atoms with Crippen LogP contribution in [0.4, 0.5) is 18.9 Å². The number of carbonyl (C=O) groups is 2. The van der Waals surface area contributed by atoms with Gasteiger partial charge < -0.3 is 4.90 Å². The van der Waals surface area contributed by atoms with Crippen LogP contribution in [-0.4, -0.2) is 23.7 Å². The molecule has 0 spiro atoms. The summed E-state index contributed by atoms with van der Waals surface area (Å²) in [6.07, 6.45) is 0.427. The quantitative estimate of drug-likeness (QED) is 0.352. The number of hydrogen-bond donors (Lipinski definition) is 0. The van der Waals surface area contributed by atoms with Crippen molar-refractivity contribution in [3.8, 4) is 11.1 Å². The molecule has 0 radical (unpaired) electrons. The van der Waals surface area contributed by atoms with Crippen LogP contribution in [0.15, 0.2) is 48.5 Å². The van der Waals surface area contributed by atoms with Gasteiger partial charge >= 0.3 is 0 Å². The minimum absolute atomic E-state index is 0.0458. The Morgan fingerprint density at radius 3 is 2.38 bits per heavy atom. The molecule has 7 heteroatoms. The Hall–Kier alpha value is -3.48. The molecule has 1 heterocycles. The second kappa shape index (κ2) is 9.77. The average Bonchev–Trinajstić information content (AvgIpc) is 2.77. The van der Waals surface area contributed by atoms with Gasteiger partial charge in [-0.15, -0.1) is 0 Å². The Balaban J connectivity index is 1.76. The van der Waals surface area contributed by atoms with Crippen LogP contribution in [0.2, 0.25) is 0 Å². The van der Waals surface area contributed by atoms with Gasteiger partial charge in [0.15, 0.2) is 5.78 Å². The molecule has 0 aliphatic heterocycles. The van der Waals surface area contributed by atoms with E-state index in [4.69, 9.17) is 0 Å². The first-order valence-corrected chi connectivity index (χ1v) is 10.2. The van der Waals surface area contributed by atoms with Gasteiger partial charge in [-0.3, -0.25) is 9.59 Å². The summed E-state index contributed by atoms with van der Waals surface area (Å²) in [7, 11) is 1.53. The van der Waals surface area contributed by atoms with E-state index < -0.39 is 17.7 Å². The van der Waals surface area contributed by atoms with Crippen molar-refractivity contribution in [2.24, 2.45) is 0 Å². The number of carbonyl (C=O) groups excluding carboxylic acids is 2. The Kier molecular flexibility index (Phi) is 7.08. The van der Waals surface area contributed by atoms with Crippen molar-refractivity contribution in [2.75, 3.05) is 11.9 Å². The van der Waals surface area contributed by atoms with Crippen LogP contribution in [0.1, 0.15) is 41.3 Å². The van der Waals surface area contributed by atoms with Gasteiger partial charge in [0.25, 0.3) is 0 Å². The lowest BCUT2D eigenvalue weighted by Gasteiger charge is -2.18. The molecule has 0 aliphatic rings. The highest BCUT2D eigenvalue weighted by Gasteiger charge is 2.16. The third kappa shape index (κ3) is 5.04. The van der Waals surface area contributed by atoms with Crippen LogP contribution in [0.3, 0.4) is 0 Å². The highest BCUT2D eigenvalue weighted by Crippen LogP contribution is 2.29. The molecule has 166 valence electrons. The fourth-order valence-electron chi connectivity index (χ4n) is 3.50. The molecular weight excluding hydrogens is 417 g/mol. The zero-order valence-corrected chi connectivity index (χ0v) is 18.1. The monoisotopic (exact) mass is 440 g/mol. The maximum absolute atomic E-state index is 14.6. The predicted molar refractivity (Wildman–Crippen MR) is 117 cm³/mol. The number of hydrogen-bond acceptors (Lipinski definition) is 3. The van der Waals surface area contributed by atoms with E-state index in [1.165, 1.54) is 24.1 Å². The van der Waals surface area contributed by atoms with Crippen LogP contribution in [0.25, 0.3) is 11.1 Å². The van der Waals surface area contributed by atoms with Crippen molar-refractivity contribution in [3.63, 3.8) is 0 Å². The minimum Gasteiger partial charge on any atom is -0.313 e. The number of pyridine rings is 1. The summed E-state index contributed by atoms with van der Waals surface area (Å²) < 4.78 is 41.2. The number of halogens is 3. The third-order valence-corrected chi connectivity index (χ3v) is 5.36. The number of benzene rings is 2. The molecule has 3 aromatic rings. The molecule has 32 heavy (non-hydrogen) atoms. The van der Waals surface area contributed by atoms with Gasteiger partial charge in [-0.2, -0.15) is 13.8 Å². The van der Waals surface area contributed by atoms with Crippen LogP contribution in [0.5, 0.6) is 0 Å². The molecule has 4 nitrogen and oxygen atoms in total. The molecule has 1 aromatic heterocycles. The number of rotatable bonds is 7. The summed E-state index contributed by atoms with van der Waals surface area (Å²) in [5.74, 6) is -2.71. The fraction of sp³-hybridized carbons (Fsp3) is 0.240. The topological polar surface area (TPSA) is 50.3 Å². The molecular formula is C25H23F3N2O2. The third-order valence-electron chi connectivity index (χ3n) is 5.36. The first-order valence-electron chi connectivity index (χ1n) is 10.2. The van der Waals surface area contributed by atoms with Gasteiger partial charge in [-0.05, 0) is 60.4 Å². The second-order valence-electron chi connectivity index (χ2n) is 7.51. The molecule has 0 atom stereocenters. The van der Waals surface area contributed by atoms with Gasteiger partial charge in [-0.25, -0.2) is 4.39 Å². The van der Waals surface area contributed by atoms with E-state index >= 15 is 0 Å². The summed E-state index contributed by atoms with van der Waals surface area (Å²) in [4.78, 5) is 28.8. The fourth-order valence-corrected chi connectivity index (χ4v) is 3.50. The average molecular weight is 440 g/mol. The van der Waals surface area contributed by atoms with E-state index in [1.54, 1.807) is 37.3 Å². The molecule has 0 bridgehead atoms. The van der Waals surface area contributed by atoms with Gasteiger partial charge in [0.1, 0.15) is 5.82 Å². The van der Waals surface area contributed by atoms with Crippen molar-refractivity contribution in [2.45, 2.75) is 33.1 Å². The number of aromatic nitrogens is 1. The van der Waals surface area contributed by atoms with E-state index in [9.17, 15) is 22.8 Å². The standard InChI is InChI=1S/C25H23F3N2O2/c1-4-24(32)30(3)21-10-6-17(14-20(21)26)19-9-5-18(13-15(19)2)22(31)11-7-16-8-12-23(27)29-25(16)28/h5-6,8-10,12-14H,4,7,11H2,1-3H3. The van der Waals surface area contributed by atoms with Crippen molar-refractivity contribution < 1.29 is 22.8 Å². The van der Waals surface area contributed by atoms with Crippen LogP contribution < -0.4 is 4.90 Å². The first-order chi connectivity index (χ1) is 15.2. The Labute approximate surface area is 184 Å². The lowest BCUT2D eigenvalue weighted by molar-refractivity contribution is -0.118. The largest absolute Gasteiger partial charge is 0.313 e. The number of Topliss-reactive ketones (excluding diaryl/α,β-unsaturated/α-hetero) is 1. The van der Waals surface area contributed by atoms with E-state index in [0.717, 1.165) is 17.2 Å². The SMILES string of the molecule is CCC(=O)N(C)c1ccc(-c2ccc(C(=O)CCc3ccc(F)nc3F)cc2C)cc1F. The van der Waals surface area contributed by atoms with Crippen molar-refractivity contribution in [1.82, 2.24) is 4.98 Å². The van der Waals surface area contributed by atoms with E-state index in [-0.39, 0.29) is 42.2 Å². The maximum atomic E-state index is 14.6. The van der Waals surface area contributed by atoms with E-state index in [0.29, 0.717) is 11.1 Å². The lowest BCUT2D eigenvalue weighted by atomic mass is 9.95. The van der Waals surface area contributed by atoms with Crippen LogP contribution in [0, 0.1) is 24.6 Å². The van der Waals surface area contributed by atoms with Gasteiger partial charge in [0, 0.05) is 31.0 Å². The molecule has 3 rings (SSSR count). The zero-order valence-electron chi connectivity index (χ0n) is 18.1. The molecule has 0 aliphatic carbocycles. The maximum Gasteiger partial charge on any atom is 0.226 e.